The summed E-state index contributed by atoms with van der Waals surface area (Å²) in [5.74, 6) is 0. The molecule has 0 spiro atoms. The lowest BCUT2D eigenvalue weighted by Gasteiger charge is -2.35. The van der Waals surface area contributed by atoms with Gasteiger partial charge in [-0.2, -0.15) is 0 Å². The third kappa shape index (κ3) is 5.78. The molecule has 0 aliphatic carbocycles. The SMILES string of the molecule is CC(C)(C)c1ccc(CN2CCN(CCC3COCCO3)CC2)cc1. The highest BCUT2D eigenvalue weighted by Crippen LogP contribution is 2.22. The van der Waals surface area contributed by atoms with Gasteiger partial charge in [0.25, 0.3) is 0 Å². The highest BCUT2D eigenvalue weighted by atomic mass is 16.6. The predicted molar refractivity (Wildman–Crippen MR) is 102 cm³/mol. The smallest absolute Gasteiger partial charge is 0.0821 e. The number of rotatable bonds is 5. The van der Waals surface area contributed by atoms with Crippen molar-refractivity contribution in [2.45, 2.75) is 45.3 Å². The minimum Gasteiger partial charge on any atom is -0.376 e. The summed E-state index contributed by atoms with van der Waals surface area (Å²) >= 11 is 0. The van der Waals surface area contributed by atoms with Gasteiger partial charge < -0.3 is 14.4 Å². The first-order chi connectivity index (χ1) is 12.0. The largest absolute Gasteiger partial charge is 0.376 e. The molecule has 2 saturated heterocycles. The fraction of sp³-hybridized carbons (Fsp3) is 0.714. The van der Waals surface area contributed by atoms with Crippen molar-refractivity contribution < 1.29 is 9.47 Å². The van der Waals surface area contributed by atoms with Crippen LogP contribution in [0, 0.1) is 0 Å². The quantitative estimate of drug-likeness (QED) is 0.818. The standard InChI is InChI=1S/C21H34N2O2/c1-21(2,3)19-6-4-18(5-7-19)16-23-12-10-22(11-13-23)9-8-20-17-24-14-15-25-20/h4-7,20H,8-17H2,1-3H3. The topological polar surface area (TPSA) is 24.9 Å². The lowest BCUT2D eigenvalue weighted by Crippen LogP contribution is -2.47. The van der Waals surface area contributed by atoms with Crippen molar-refractivity contribution >= 4 is 0 Å². The molecule has 0 bridgehead atoms. The van der Waals surface area contributed by atoms with E-state index in [1.807, 2.05) is 0 Å². The number of piperazine rings is 1. The minimum atomic E-state index is 0.233. The molecule has 25 heavy (non-hydrogen) atoms. The molecule has 3 rings (SSSR count). The second-order valence-corrected chi connectivity index (χ2v) is 8.42. The van der Waals surface area contributed by atoms with Crippen molar-refractivity contribution in [2.75, 3.05) is 52.5 Å². The van der Waals surface area contributed by atoms with Gasteiger partial charge in [-0.15, -0.1) is 0 Å². The van der Waals surface area contributed by atoms with Gasteiger partial charge in [-0.1, -0.05) is 45.0 Å². The molecular formula is C21H34N2O2. The van der Waals surface area contributed by atoms with E-state index in [4.69, 9.17) is 9.47 Å². The van der Waals surface area contributed by atoms with E-state index in [0.29, 0.717) is 6.10 Å². The summed E-state index contributed by atoms with van der Waals surface area (Å²) in [4.78, 5) is 5.14. The molecule has 4 heteroatoms. The zero-order valence-electron chi connectivity index (χ0n) is 16.2. The Kier molecular flexibility index (Phi) is 6.50. The second-order valence-electron chi connectivity index (χ2n) is 8.42. The van der Waals surface area contributed by atoms with Crippen LogP contribution in [0.2, 0.25) is 0 Å². The lowest BCUT2D eigenvalue weighted by atomic mass is 9.87. The minimum absolute atomic E-state index is 0.233. The molecule has 4 nitrogen and oxygen atoms in total. The summed E-state index contributed by atoms with van der Waals surface area (Å²) in [6.07, 6.45) is 1.39. The maximum atomic E-state index is 5.74. The lowest BCUT2D eigenvalue weighted by molar-refractivity contribution is -0.0933. The molecule has 0 radical (unpaired) electrons. The van der Waals surface area contributed by atoms with Crippen LogP contribution in [0.25, 0.3) is 0 Å². The molecule has 1 aromatic rings. The van der Waals surface area contributed by atoms with Gasteiger partial charge in [-0.3, -0.25) is 4.90 Å². The van der Waals surface area contributed by atoms with E-state index in [1.165, 1.54) is 11.1 Å². The molecule has 0 amide bonds. The van der Waals surface area contributed by atoms with Crippen LogP contribution in [-0.2, 0) is 21.4 Å². The Balaban J connectivity index is 1.38. The van der Waals surface area contributed by atoms with E-state index >= 15 is 0 Å². The summed E-state index contributed by atoms with van der Waals surface area (Å²) in [5.41, 5.74) is 3.07. The Morgan fingerprint density at radius 1 is 0.960 bits per heavy atom. The molecule has 1 atom stereocenters. The maximum absolute atomic E-state index is 5.74. The van der Waals surface area contributed by atoms with Gasteiger partial charge in [-0.25, -0.2) is 0 Å². The van der Waals surface area contributed by atoms with Crippen molar-refractivity contribution in [2.24, 2.45) is 0 Å². The number of benzene rings is 1. The molecule has 2 heterocycles. The number of nitrogens with zero attached hydrogens (tertiary/aromatic N) is 2. The van der Waals surface area contributed by atoms with Gasteiger partial charge in [0, 0.05) is 39.3 Å². The molecular weight excluding hydrogens is 312 g/mol. The number of ether oxygens (including phenoxy) is 2. The number of hydrogen-bond donors (Lipinski definition) is 0. The van der Waals surface area contributed by atoms with Crippen LogP contribution in [-0.4, -0.2) is 68.4 Å². The second kappa shape index (κ2) is 8.63. The molecule has 0 N–H and O–H groups in total. The first-order valence-electron chi connectivity index (χ1n) is 9.74. The molecule has 0 saturated carbocycles. The van der Waals surface area contributed by atoms with Gasteiger partial charge in [0.2, 0.25) is 0 Å². The maximum Gasteiger partial charge on any atom is 0.0821 e. The van der Waals surface area contributed by atoms with Crippen molar-refractivity contribution in [1.82, 2.24) is 9.80 Å². The van der Waals surface area contributed by atoms with Crippen molar-refractivity contribution in [3.05, 3.63) is 35.4 Å². The van der Waals surface area contributed by atoms with Gasteiger partial charge in [-0.05, 0) is 23.0 Å². The average molecular weight is 347 g/mol. The zero-order chi connectivity index (χ0) is 17.7. The zero-order valence-corrected chi connectivity index (χ0v) is 16.2. The van der Waals surface area contributed by atoms with Gasteiger partial charge >= 0.3 is 0 Å². The van der Waals surface area contributed by atoms with Crippen LogP contribution in [0.5, 0.6) is 0 Å². The Bertz CT molecular complexity index is 510. The molecule has 140 valence electrons. The summed E-state index contributed by atoms with van der Waals surface area (Å²) in [6.45, 7) is 15.9. The average Bonchev–Trinajstić information content (AvgIpc) is 2.62. The first-order valence-corrected chi connectivity index (χ1v) is 9.74. The highest BCUT2D eigenvalue weighted by Gasteiger charge is 2.20. The fourth-order valence-corrected chi connectivity index (χ4v) is 3.57. The van der Waals surface area contributed by atoms with Crippen molar-refractivity contribution in [3.63, 3.8) is 0 Å². The third-order valence-corrected chi connectivity index (χ3v) is 5.34. The van der Waals surface area contributed by atoms with Gasteiger partial charge in [0.05, 0.1) is 25.9 Å². The van der Waals surface area contributed by atoms with Crippen LogP contribution in [0.4, 0.5) is 0 Å². The van der Waals surface area contributed by atoms with E-state index < -0.39 is 0 Å². The van der Waals surface area contributed by atoms with E-state index in [9.17, 15) is 0 Å². The normalized spacial score (nSPS) is 23.7. The number of hydrogen-bond acceptors (Lipinski definition) is 4. The van der Waals surface area contributed by atoms with Gasteiger partial charge in [0.15, 0.2) is 0 Å². The summed E-state index contributed by atoms with van der Waals surface area (Å²) < 4.78 is 11.2. The molecule has 2 fully saturated rings. The molecule has 2 aliphatic rings. The van der Waals surface area contributed by atoms with Gasteiger partial charge in [0.1, 0.15) is 0 Å². The Hall–Kier alpha value is -0.940. The van der Waals surface area contributed by atoms with Crippen LogP contribution in [0.15, 0.2) is 24.3 Å². The van der Waals surface area contributed by atoms with E-state index in [0.717, 1.165) is 65.5 Å². The first kappa shape index (κ1) is 18.8. The van der Waals surface area contributed by atoms with E-state index in [2.05, 4.69) is 54.8 Å². The Morgan fingerprint density at radius 3 is 2.24 bits per heavy atom. The Morgan fingerprint density at radius 2 is 1.64 bits per heavy atom. The van der Waals surface area contributed by atoms with Crippen LogP contribution >= 0.6 is 0 Å². The van der Waals surface area contributed by atoms with Crippen LogP contribution in [0.1, 0.15) is 38.3 Å². The molecule has 1 aromatic carbocycles. The van der Waals surface area contributed by atoms with Crippen LogP contribution < -0.4 is 0 Å². The predicted octanol–water partition coefficient (Wildman–Crippen LogP) is 2.91. The molecule has 2 aliphatic heterocycles. The summed E-state index contributed by atoms with van der Waals surface area (Å²) in [6, 6.07) is 9.18. The third-order valence-electron chi connectivity index (χ3n) is 5.34. The van der Waals surface area contributed by atoms with Crippen molar-refractivity contribution in [3.8, 4) is 0 Å². The Labute approximate surface area is 153 Å². The van der Waals surface area contributed by atoms with Crippen molar-refractivity contribution in [1.29, 1.82) is 0 Å². The molecule has 1 unspecified atom stereocenters. The van der Waals surface area contributed by atoms with E-state index in [-0.39, 0.29) is 5.41 Å². The summed E-state index contributed by atoms with van der Waals surface area (Å²) in [7, 11) is 0. The summed E-state index contributed by atoms with van der Waals surface area (Å²) in [5, 5.41) is 0. The van der Waals surface area contributed by atoms with E-state index in [1.54, 1.807) is 0 Å². The fourth-order valence-electron chi connectivity index (χ4n) is 3.57. The molecule has 0 aromatic heterocycles. The highest BCUT2D eigenvalue weighted by molar-refractivity contribution is 5.27. The monoisotopic (exact) mass is 346 g/mol. The van der Waals surface area contributed by atoms with Crippen LogP contribution in [0.3, 0.4) is 0 Å².